The Morgan fingerprint density at radius 1 is 1.21 bits per heavy atom. The van der Waals surface area contributed by atoms with Gasteiger partial charge in [-0.3, -0.25) is 4.79 Å². The van der Waals surface area contributed by atoms with Gasteiger partial charge in [-0.15, -0.1) is 5.10 Å². The molecule has 7 nitrogen and oxygen atoms in total. The maximum atomic E-state index is 11.4. The minimum absolute atomic E-state index is 0.0279. The smallest absolute Gasteiger partial charge is 0.214 e. The molecular formula is C21H24N4O3S. The zero-order valence-electron chi connectivity index (χ0n) is 16.6. The minimum atomic E-state index is -0.713. The second-order valence-electron chi connectivity index (χ2n) is 6.98. The normalized spacial score (nSPS) is 12.2. The number of tetrazole rings is 1. The van der Waals surface area contributed by atoms with Crippen LogP contribution in [0, 0.1) is 0 Å². The maximum absolute atomic E-state index is 11.4. The predicted octanol–water partition coefficient (Wildman–Crippen LogP) is 3.52. The van der Waals surface area contributed by atoms with Crippen LogP contribution in [-0.4, -0.2) is 49.6 Å². The average Bonchev–Trinajstić information content (AvgIpc) is 3.19. The molecule has 0 amide bonds. The molecule has 0 aliphatic rings. The molecule has 0 spiro atoms. The number of aliphatic hydroxyl groups excluding tert-OH is 1. The van der Waals surface area contributed by atoms with E-state index in [1.807, 2.05) is 12.1 Å². The Labute approximate surface area is 174 Å². The quantitative estimate of drug-likeness (QED) is 0.425. The van der Waals surface area contributed by atoms with Crippen LogP contribution in [0.25, 0.3) is 5.69 Å². The van der Waals surface area contributed by atoms with Crippen molar-refractivity contribution in [3.8, 4) is 11.4 Å². The lowest BCUT2D eigenvalue weighted by Crippen LogP contribution is -2.20. The van der Waals surface area contributed by atoms with Crippen LogP contribution in [0.2, 0.25) is 0 Å². The van der Waals surface area contributed by atoms with Gasteiger partial charge in [0.25, 0.3) is 0 Å². The van der Waals surface area contributed by atoms with Crippen molar-refractivity contribution in [2.75, 3.05) is 12.4 Å². The number of thioether (sulfide) groups is 1. The van der Waals surface area contributed by atoms with E-state index in [0.717, 1.165) is 5.69 Å². The van der Waals surface area contributed by atoms with Crippen molar-refractivity contribution in [2.45, 2.75) is 37.9 Å². The lowest BCUT2D eigenvalue weighted by molar-refractivity contribution is 0.101. The van der Waals surface area contributed by atoms with E-state index >= 15 is 0 Å². The monoisotopic (exact) mass is 412 g/mol. The molecule has 8 heteroatoms. The summed E-state index contributed by atoms with van der Waals surface area (Å²) in [5.41, 5.74) is 2.69. The molecule has 1 atom stereocenters. The van der Waals surface area contributed by atoms with Gasteiger partial charge in [0.2, 0.25) is 5.16 Å². The molecule has 3 rings (SSSR count). The highest BCUT2D eigenvalue weighted by molar-refractivity contribution is 7.99. The minimum Gasteiger partial charge on any atom is -0.491 e. The molecule has 1 aromatic heterocycles. The summed E-state index contributed by atoms with van der Waals surface area (Å²) < 4.78 is 7.26. The molecule has 1 heterocycles. The van der Waals surface area contributed by atoms with Crippen LogP contribution in [0.15, 0.2) is 53.7 Å². The van der Waals surface area contributed by atoms with Gasteiger partial charge >= 0.3 is 0 Å². The Morgan fingerprint density at radius 3 is 2.66 bits per heavy atom. The molecule has 0 aliphatic carbocycles. The Balaban J connectivity index is 1.56. The first kappa shape index (κ1) is 21.0. The Bertz CT molecular complexity index is 957. The zero-order chi connectivity index (χ0) is 20.8. The van der Waals surface area contributed by atoms with Gasteiger partial charge in [0.15, 0.2) is 5.78 Å². The zero-order valence-corrected chi connectivity index (χ0v) is 17.5. The Hall–Kier alpha value is -2.71. The summed E-state index contributed by atoms with van der Waals surface area (Å²) in [6.45, 7) is 5.91. The topological polar surface area (TPSA) is 90.1 Å². The van der Waals surface area contributed by atoms with Gasteiger partial charge in [-0.1, -0.05) is 49.9 Å². The number of aliphatic hydroxyl groups is 1. The molecule has 0 saturated carbocycles. The van der Waals surface area contributed by atoms with E-state index in [4.69, 9.17) is 4.74 Å². The average molecular weight is 413 g/mol. The summed E-state index contributed by atoms with van der Waals surface area (Å²) in [7, 11) is 0. The number of carbonyl (C=O) groups excluding carboxylic acids is 1. The van der Waals surface area contributed by atoms with Crippen molar-refractivity contribution < 1.29 is 14.6 Å². The Morgan fingerprint density at radius 2 is 1.97 bits per heavy atom. The van der Waals surface area contributed by atoms with Gasteiger partial charge in [0, 0.05) is 11.3 Å². The van der Waals surface area contributed by atoms with E-state index in [9.17, 15) is 9.90 Å². The second kappa shape index (κ2) is 9.67. The number of ketones is 1. The van der Waals surface area contributed by atoms with Crippen LogP contribution < -0.4 is 4.74 Å². The van der Waals surface area contributed by atoms with E-state index in [2.05, 4.69) is 41.5 Å². The van der Waals surface area contributed by atoms with Crippen LogP contribution in [-0.2, 0) is 0 Å². The van der Waals surface area contributed by atoms with E-state index < -0.39 is 6.10 Å². The standard InChI is InChI=1S/C21H24N4O3S/c1-14(2)16-7-9-18(10-8-16)25-21(22-23-24-25)29-13-19(27)12-28-20-6-4-5-17(11-20)15(3)26/h4-11,14,19,27H,12-13H2,1-3H3/t19-/m0/s1. The van der Waals surface area contributed by atoms with Crippen molar-refractivity contribution in [2.24, 2.45) is 0 Å². The molecule has 0 fully saturated rings. The number of Topliss-reactive ketones (excluding diaryl/α,β-unsaturated/α-hetero) is 1. The van der Waals surface area contributed by atoms with Crippen LogP contribution in [0.5, 0.6) is 5.75 Å². The largest absolute Gasteiger partial charge is 0.491 e. The van der Waals surface area contributed by atoms with E-state index in [0.29, 0.717) is 28.1 Å². The number of benzene rings is 2. The first-order chi connectivity index (χ1) is 13.9. The maximum Gasteiger partial charge on any atom is 0.214 e. The number of aromatic nitrogens is 4. The lowest BCUT2D eigenvalue weighted by Gasteiger charge is -2.12. The molecule has 29 heavy (non-hydrogen) atoms. The summed E-state index contributed by atoms with van der Waals surface area (Å²) in [5.74, 6) is 1.35. The molecule has 0 saturated heterocycles. The van der Waals surface area contributed by atoms with Crippen molar-refractivity contribution >= 4 is 17.5 Å². The lowest BCUT2D eigenvalue weighted by atomic mass is 10.0. The molecule has 0 unspecified atom stereocenters. The van der Waals surface area contributed by atoms with Gasteiger partial charge < -0.3 is 9.84 Å². The van der Waals surface area contributed by atoms with Crippen LogP contribution in [0.4, 0.5) is 0 Å². The molecule has 0 radical (unpaired) electrons. The van der Waals surface area contributed by atoms with E-state index in [1.165, 1.54) is 24.2 Å². The summed E-state index contributed by atoms with van der Waals surface area (Å²) in [6.07, 6.45) is -0.713. The fourth-order valence-electron chi connectivity index (χ4n) is 2.65. The third kappa shape index (κ3) is 5.65. The molecule has 0 aliphatic heterocycles. The summed E-state index contributed by atoms with van der Waals surface area (Å²) >= 11 is 1.35. The summed E-state index contributed by atoms with van der Waals surface area (Å²) in [5, 5.41) is 22.7. The number of carbonyl (C=O) groups is 1. The fourth-order valence-corrected chi connectivity index (χ4v) is 3.44. The fraction of sp³-hybridized carbons (Fsp3) is 0.333. The van der Waals surface area contributed by atoms with Gasteiger partial charge in [-0.05, 0) is 53.1 Å². The predicted molar refractivity (Wildman–Crippen MR) is 112 cm³/mol. The highest BCUT2D eigenvalue weighted by Gasteiger charge is 2.13. The first-order valence-electron chi connectivity index (χ1n) is 9.37. The third-order valence-corrected chi connectivity index (χ3v) is 5.40. The number of hydrogen-bond donors (Lipinski definition) is 1. The molecule has 2 aromatic carbocycles. The van der Waals surface area contributed by atoms with E-state index in [-0.39, 0.29) is 12.4 Å². The first-order valence-corrected chi connectivity index (χ1v) is 10.4. The molecule has 3 aromatic rings. The van der Waals surface area contributed by atoms with Gasteiger partial charge in [-0.2, -0.15) is 4.68 Å². The number of hydrogen-bond acceptors (Lipinski definition) is 7. The molecule has 152 valence electrons. The summed E-state index contributed by atoms with van der Waals surface area (Å²) in [6, 6.07) is 15.0. The van der Waals surface area contributed by atoms with Gasteiger partial charge in [0.05, 0.1) is 11.8 Å². The van der Waals surface area contributed by atoms with Crippen molar-refractivity contribution in [3.63, 3.8) is 0 Å². The Kier molecular flexibility index (Phi) is 7.00. The van der Waals surface area contributed by atoms with Crippen molar-refractivity contribution in [1.82, 2.24) is 20.2 Å². The van der Waals surface area contributed by atoms with Crippen LogP contribution >= 0.6 is 11.8 Å². The number of nitrogens with zero attached hydrogens (tertiary/aromatic N) is 4. The second-order valence-corrected chi connectivity index (χ2v) is 7.97. The molecule has 1 N–H and O–H groups in total. The molecule has 0 bridgehead atoms. The van der Waals surface area contributed by atoms with E-state index in [1.54, 1.807) is 28.9 Å². The molecular weight excluding hydrogens is 388 g/mol. The highest BCUT2D eigenvalue weighted by Crippen LogP contribution is 2.22. The van der Waals surface area contributed by atoms with Gasteiger partial charge in [0.1, 0.15) is 12.4 Å². The summed E-state index contributed by atoms with van der Waals surface area (Å²) in [4.78, 5) is 11.4. The van der Waals surface area contributed by atoms with Crippen LogP contribution in [0.3, 0.4) is 0 Å². The number of ether oxygens (including phenoxy) is 1. The SMILES string of the molecule is CC(=O)c1cccc(OC[C@H](O)CSc2nnnn2-c2ccc(C(C)C)cc2)c1. The van der Waals surface area contributed by atoms with Crippen molar-refractivity contribution in [1.29, 1.82) is 0 Å². The number of rotatable bonds is 9. The third-order valence-electron chi connectivity index (χ3n) is 4.33. The highest BCUT2D eigenvalue weighted by atomic mass is 32.2. The van der Waals surface area contributed by atoms with Gasteiger partial charge in [-0.25, -0.2) is 0 Å². The van der Waals surface area contributed by atoms with Crippen molar-refractivity contribution in [3.05, 3.63) is 59.7 Å². The van der Waals surface area contributed by atoms with Crippen LogP contribution in [0.1, 0.15) is 42.6 Å².